The van der Waals surface area contributed by atoms with Gasteiger partial charge in [0, 0.05) is 4.47 Å². The third-order valence-corrected chi connectivity index (χ3v) is 3.52. The van der Waals surface area contributed by atoms with Crippen molar-refractivity contribution in [2.45, 2.75) is 6.92 Å². The number of aryl methyl sites for hydroxylation is 1. The number of carbonyl (C=O) groups excluding carboxylic acids is 1. The van der Waals surface area contributed by atoms with Crippen LogP contribution in [0, 0.1) is 6.92 Å². The van der Waals surface area contributed by atoms with E-state index in [9.17, 15) is 4.79 Å². The van der Waals surface area contributed by atoms with Crippen molar-refractivity contribution in [1.29, 1.82) is 0 Å². The highest BCUT2D eigenvalue weighted by Crippen LogP contribution is 2.21. The third kappa shape index (κ3) is 2.68. The second-order valence-electron chi connectivity index (χ2n) is 3.87. The average molecular weight is 306 g/mol. The number of aromatic nitrogens is 1. The summed E-state index contributed by atoms with van der Waals surface area (Å²) in [4.78, 5) is 16.1. The fraction of sp³-hybridized carbons (Fsp3) is 0.0769. The number of benzene rings is 1. The van der Waals surface area contributed by atoms with Gasteiger partial charge in [-0.05, 0) is 46.6 Å². The predicted molar refractivity (Wildman–Crippen MR) is 75.5 cm³/mol. The van der Waals surface area contributed by atoms with Crippen LogP contribution in [-0.4, -0.2) is 10.9 Å². The molecule has 1 heterocycles. The zero-order chi connectivity index (χ0) is 13.1. The molecule has 18 heavy (non-hydrogen) atoms. The number of anilines is 2. The second kappa shape index (κ2) is 5.18. The van der Waals surface area contributed by atoms with Gasteiger partial charge in [-0.25, -0.2) is 4.98 Å². The van der Waals surface area contributed by atoms with Crippen LogP contribution in [0.25, 0.3) is 0 Å². The number of amides is 1. The molecule has 1 aromatic heterocycles. The Morgan fingerprint density at radius 3 is 2.78 bits per heavy atom. The lowest BCUT2D eigenvalue weighted by molar-refractivity contribution is 0.102. The van der Waals surface area contributed by atoms with Gasteiger partial charge < -0.3 is 11.1 Å². The quantitative estimate of drug-likeness (QED) is 0.896. The van der Waals surface area contributed by atoms with E-state index in [0.717, 1.165) is 10.0 Å². The maximum absolute atomic E-state index is 12.1. The van der Waals surface area contributed by atoms with Gasteiger partial charge in [-0.2, -0.15) is 0 Å². The second-order valence-corrected chi connectivity index (χ2v) is 4.66. The molecule has 0 bridgehead atoms. The van der Waals surface area contributed by atoms with Gasteiger partial charge in [-0.3, -0.25) is 4.79 Å². The molecule has 2 rings (SSSR count). The number of pyridine rings is 1. The summed E-state index contributed by atoms with van der Waals surface area (Å²) in [5, 5.41) is 2.72. The Morgan fingerprint density at radius 2 is 2.11 bits per heavy atom. The Hall–Kier alpha value is -1.88. The molecule has 0 aliphatic rings. The summed E-state index contributed by atoms with van der Waals surface area (Å²) in [6.07, 6.45) is 1.50. The van der Waals surface area contributed by atoms with Crippen LogP contribution in [0.1, 0.15) is 15.9 Å². The Morgan fingerprint density at radius 1 is 1.33 bits per heavy atom. The van der Waals surface area contributed by atoms with Gasteiger partial charge in [-0.15, -0.1) is 0 Å². The smallest absolute Gasteiger partial charge is 0.257 e. The van der Waals surface area contributed by atoms with Crippen molar-refractivity contribution in [2.75, 3.05) is 11.1 Å². The minimum Gasteiger partial charge on any atom is -0.397 e. The van der Waals surface area contributed by atoms with Crippen LogP contribution < -0.4 is 11.1 Å². The minimum absolute atomic E-state index is 0.206. The van der Waals surface area contributed by atoms with E-state index in [1.807, 2.05) is 19.1 Å². The molecule has 3 N–H and O–H groups in total. The molecule has 5 heteroatoms. The third-order valence-electron chi connectivity index (χ3n) is 2.46. The van der Waals surface area contributed by atoms with Crippen LogP contribution in [0.2, 0.25) is 0 Å². The van der Waals surface area contributed by atoms with Crippen LogP contribution in [0.3, 0.4) is 0 Å². The van der Waals surface area contributed by atoms with Crippen molar-refractivity contribution in [3.8, 4) is 0 Å². The summed E-state index contributed by atoms with van der Waals surface area (Å²) in [5.41, 5.74) is 7.67. The van der Waals surface area contributed by atoms with Gasteiger partial charge in [0.1, 0.15) is 5.82 Å². The first-order valence-corrected chi connectivity index (χ1v) is 6.15. The van der Waals surface area contributed by atoms with Gasteiger partial charge in [0.15, 0.2) is 0 Å². The molecule has 0 unspecified atom stereocenters. The largest absolute Gasteiger partial charge is 0.397 e. The van der Waals surface area contributed by atoms with Crippen LogP contribution in [0.5, 0.6) is 0 Å². The predicted octanol–water partition coefficient (Wildman–Crippen LogP) is 2.99. The van der Waals surface area contributed by atoms with Crippen LogP contribution in [0.4, 0.5) is 11.5 Å². The number of rotatable bonds is 2. The van der Waals surface area contributed by atoms with E-state index in [1.54, 1.807) is 18.2 Å². The zero-order valence-electron chi connectivity index (χ0n) is 9.77. The van der Waals surface area contributed by atoms with Crippen molar-refractivity contribution in [1.82, 2.24) is 4.98 Å². The molecule has 0 aliphatic carbocycles. The minimum atomic E-state index is -0.206. The number of nitrogens with one attached hydrogen (secondary N) is 1. The molecule has 4 nitrogen and oxygen atoms in total. The summed E-state index contributed by atoms with van der Waals surface area (Å²) in [6, 6.07) is 8.88. The van der Waals surface area contributed by atoms with Crippen molar-refractivity contribution >= 4 is 33.3 Å². The van der Waals surface area contributed by atoms with Gasteiger partial charge >= 0.3 is 0 Å². The monoisotopic (exact) mass is 305 g/mol. The van der Waals surface area contributed by atoms with Crippen molar-refractivity contribution in [2.24, 2.45) is 0 Å². The first kappa shape index (κ1) is 12.6. The van der Waals surface area contributed by atoms with E-state index in [1.165, 1.54) is 6.20 Å². The van der Waals surface area contributed by atoms with E-state index in [0.29, 0.717) is 17.1 Å². The first-order valence-electron chi connectivity index (χ1n) is 5.36. The molecule has 92 valence electrons. The standard InChI is InChI=1S/C13H12BrN3O/c1-8-3-2-4-10(12(8)14)13(18)17-11-6-5-9(15)7-16-11/h2-7H,15H2,1H3,(H,16,17,18). The van der Waals surface area contributed by atoms with Gasteiger partial charge in [0.05, 0.1) is 17.4 Å². The molecule has 0 saturated heterocycles. The highest BCUT2D eigenvalue weighted by Gasteiger charge is 2.11. The number of halogens is 1. The summed E-state index contributed by atoms with van der Waals surface area (Å²) >= 11 is 3.40. The van der Waals surface area contributed by atoms with Crippen molar-refractivity contribution < 1.29 is 4.79 Å². The highest BCUT2D eigenvalue weighted by molar-refractivity contribution is 9.10. The Bertz CT molecular complexity index is 581. The van der Waals surface area contributed by atoms with E-state index >= 15 is 0 Å². The SMILES string of the molecule is Cc1cccc(C(=O)Nc2ccc(N)cn2)c1Br. The van der Waals surface area contributed by atoms with Crippen LogP contribution >= 0.6 is 15.9 Å². The normalized spacial score (nSPS) is 10.1. The summed E-state index contributed by atoms with van der Waals surface area (Å²) in [5.74, 6) is 0.269. The maximum atomic E-state index is 12.1. The lowest BCUT2D eigenvalue weighted by Crippen LogP contribution is -2.13. The fourth-order valence-electron chi connectivity index (χ4n) is 1.49. The van der Waals surface area contributed by atoms with Crippen molar-refractivity contribution in [3.05, 3.63) is 52.1 Å². The number of hydrogen-bond acceptors (Lipinski definition) is 3. The molecule has 0 spiro atoms. The molecule has 0 fully saturated rings. The van der Waals surface area contributed by atoms with Gasteiger partial charge in [0.25, 0.3) is 5.91 Å². The Kier molecular flexibility index (Phi) is 3.62. The molecule has 0 atom stereocenters. The highest BCUT2D eigenvalue weighted by atomic mass is 79.9. The lowest BCUT2D eigenvalue weighted by atomic mass is 10.1. The molecular formula is C13H12BrN3O. The Labute approximate surface area is 113 Å². The lowest BCUT2D eigenvalue weighted by Gasteiger charge is -2.07. The summed E-state index contributed by atoms with van der Waals surface area (Å²) < 4.78 is 0.790. The number of nitrogens with two attached hydrogens (primary N) is 1. The van der Waals surface area contributed by atoms with E-state index in [2.05, 4.69) is 26.2 Å². The van der Waals surface area contributed by atoms with E-state index < -0.39 is 0 Å². The number of carbonyl (C=O) groups is 1. The maximum Gasteiger partial charge on any atom is 0.257 e. The van der Waals surface area contributed by atoms with E-state index in [4.69, 9.17) is 5.73 Å². The molecule has 1 aromatic carbocycles. The molecule has 1 amide bonds. The molecule has 0 saturated carbocycles. The Balaban J connectivity index is 2.22. The summed E-state index contributed by atoms with van der Waals surface area (Å²) in [6.45, 7) is 1.93. The van der Waals surface area contributed by atoms with Crippen LogP contribution in [0.15, 0.2) is 41.0 Å². The van der Waals surface area contributed by atoms with Crippen LogP contribution in [-0.2, 0) is 0 Å². The zero-order valence-corrected chi connectivity index (χ0v) is 11.4. The first-order chi connectivity index (χ1) is 8.58. The number of nitrogens with zero attached hydrogens (tertiary/aromatic N) is 1. The number of nitrogen functional groups attached to an aromatic ring is 1. The van der Waals surface area contributed by atoms with Gasteiger partial charge in [0.2, 0.25) is 0 Å². The molecular weight excluding hydrogens is 294 g/mol. The number of hydrogen-bond donors (Lipinski definition) is 2. The van der Waals surface area contributed by atoms with Gasteiger partial charge in [-0.1, -0.05) is 12.1 Å². The van der Waals surface area contributed by atoms with Crippen molar-refractivity contribution in [3.63, 3.8) is 0 Å². The molecule has 2 aromatic rings. The topological polar surface area (TPSA) is 68.0 Å². The van der Waals surface area contributed by atoms with E-state index in [-0.39, 0.29) is 5.91 Å². The average Bonchev–Trinajstić information content (AvgIpc) is 2.35. The fourth-order valence-corrected chi connectivity index (χ4v) is 1.93. The molecule has 0 aliphatic heterocycles. The molecule has 0 radical (unpaired) electrons. The summed E-state index contributed by atoms with van der Waals surface area (Å²) in [7, 11) is 0.